The molecule has 2 amide bonds. The summed E-state index contributed by atoms with van der Waals surface area (Å²) in [7, 11) is 0. The number of carboxylic acid groups (broad SMARTS) is 1. The number of nitrogens with one attached hydrogen (secondary N) is 2. The first-order valence-corrected chi connectivity index (χ1v) is 9.21. The Morgan fingerprint density at radius 1 is 1.38 bits per heavy atom. The molecule has 0 aliphatic carbocycles. The number of thioether (sulfide) groups is 1. The van der Waals surface area contributed by atoms with Crippen molar-refractivity contribution in [1.82, 2.24) is 5.32 Å². The van der Waals surface area contributed by atoms with Gasteiger partial charge in [0, 0.05) is 17.0 Å². The summed E-state index contributed by atoms with van der Waals surface area (Å²) in [6, 6.07) is 4.49. The van der Waals surface area contributed by atoms with Crippen LogP contribution in [-0.4, -0.2) is 52.7 Å². The molecule has 5 N–H and O–H groups in total. The van der Waals surface area contributed by atoms with Gasteiger partial charge in [0.25, 0.3) is 5.91 Å². The Morgan fingerprint density at radius 2 is 2.08 bits per heavy atom. The molecule has 1 rings (SSSR count). The number of aliphatic carboxylic acids is 1. The van der Waals surface area contributed by atoms with Crippen molar-refractivity contribution in [2.45, 2.75) is 18.5 Å². The number of carbonyl (C=O) groups excluding carboxylic acids is 2. The highest BCUT2D eigenvalue weighted by molar-refractivity contribution is 7.98. The molecule has 0 heterocycles. The Labute approximate surface area is 150 Å². The van der Waals surface area contributed by atoms with E-state index in [0.717, 1.165) is 0 Å². The van der Waals surface area contributed by atoms with E-state index in [4.69, 9.17) is 10.8 Å². The third-order valence-corrected chi connectivity index (χ3v) is 4.18. The van der Waals surface area contributed by atoms with Gasteiger partial charge in [0.1, 0.15) is 6.04 Å². The van der Waals surface area contributed by atoms with Crippen LogP contribution in [0.3, 0.4) is 0 Å². The fourth-order valence-corrected chi connectivity index (χ4v) is 2.43. The van der Waals surface area contributed by atoms with Crippen LogP contribution in [0.15, 0.2) is 24.3 Å². The quantitative estimate of drug-likeness (QED) is 0.410. The Morgan fingerprint density at radius 3 is 2.67 bits per heavy atom. The predicted octanol–water partition coefficient (Wildman–Crippen LogP) is 0.818. The number of carbonyl (C=O) groups is 3. The lowest BCUT2D eigenvalue weighted by Gasteiger charge is -2.15. The summed E-state index contributed by atoms with van der Waals surface area (Å²) >= 11 is 5.46. The van der Waals surface area contributed by atoms with Gasteiger partial charge in [0.15, 0.2) is 0 Å². The second kappa shape index (κ2) is 10.2. The van der Waals surface area contributed by atoms with Crippen molar-refractivity contribution in [3.05, 3.63) is 29.8 Å². The Balaban J connectivity index is 2.79. The van der Waals surface area contributed by atoms with Crippen molar-refractivity contribution in [3.63, 3.8) is 0 Å². The van der Waals surface area contributed by atoms with Gasteiger partial charge in [0.2, 0.25) is 5.91 Å². The van der Waals surface area contributed by atoms with Gasteiger partial charge >= 0.3 is 5.97 Å². The Hall–Kier alpha value is -1.71. The fourth-order valence-electron chi connectivity index (χ4n) is 1.79. The molecule has 24 heavy (non-hydrogen) atoms. The van der Waals surface area contributed by atoms with Gasteiger partial charge in [-0.15, -0.1) is 0 Å². The molecular weight excluding hydrogens is 350 g/mol. The van der Waals surface area contributed by atoms with Crippen LogP contribution in [0.1, 0.15) is 16.8 Å². The van der Waals surface area contributed by atoms with Gasteiger partial charge in [-0.25, -0.2) is 4.79 Å². The lowest BCUT2D eigenvalue weighted by atomic mass is 10.1. The summed E-state index contributed by atoms with van der Waals surface area (Å²) in [6.07, 6.45) is 2.19. The average Bonchev–Trinajstić information content (AvgIpc) is 2.57. The number of rotatable bonds is 9. The van der Waals surface area contributed by atoms with Crippen LogP contribution in [0.5, 0.6) is 0 Å². The fraction of sp³-hybridized carbons (Fsp3) is 0.400. The van der Waals surface area contributed by atoms with Crippen LogP contribution in [0.2, 0.25) is 0 Å². The predicted molar refractivity (Wildman–Crippen MR) is 98.8 cm³/mol. The summed E-state index contributed by atoms with van der Waals surface area (Å²) in [5.74, 6) is -1.19. The normalized spacial score (nSPS) is 13.0. The smallest absolute Gasteiger partial charge is 0.326 e. The molecule has 132 valence electrons. The Kier molecular flexibility index (Phi) is 8.66. The van der Waals surface area contributed by atoms with Crippen molar-refractivity contribution in [2.75, 3.05) is 23.1 Å². The van der Waals surface area contributed by atoms with E-state index in [0.29, 0.717) is 17.9 Å². The molecule has 0 saturated carbocycles. The zero-order valence-electron chi connectivity index (χ0n) is 13.2. The molecular formula is C15H21N3O4S2. The standard InChI is InChI=1S/C15H21N3O4S2/c1-24-6-5-12(15(21)22)18-13(19)9-3-2-4-10(7-9)17-14(20)11(16)8-23/h2-4,7,11-12,23H,5-6,8,16H2,1H3,(H,17,20)(H,18,19)(H,21,22)/t11-,12+/m1/s1. The van der Waals surface area contributed by atoms with Crippen molar-refractivity contribution in [2.24, 2.45) is 5.73 Å². The number of thiol groups is 1. The molecule has 0 aliphatic heterocycles. The first-order chi connectivity index (χ1) is 11.4. The van der Waals surface area contributed by atoms with Crippen molar-refractivity contribution < 1.29 is 19.5 Å². The Bertz CT molecular complexity index is 598. The highest BCUT2D eigenvalue weighted by Crippen LogP contribution is 2.12. The van der Waals surface area contributed by atoms with E-state index in [9.17, 15) is 14.4 Å². The molecule has 0 aliphatic rings. The molecule has 1 aromatic carbocycles. The maximum Gasteiger partial charge on any atom is 0.326 e. The number of amides is 2. The van der Waals surface area contributed by atoms with E-state index in [2.05, 4.69) is 23.3 Å². The maximum absolute atomic E-state index is 12.2. The summed E-state index contributed by atoms with van der Waals surface area (Å²) in [5, 5.41) is 14.2. The molecule has 9 heteroatoms. The van der Waals surface area contributed by atoms with Gasteiger partial charge in [0.05, 0.1) is 6.04 Å². The van der Waals surface area contributed by atoms with E-state index in [-0.39, 0.29) is 11.3 Å². The molecule has 0 aromatic heterocycles. The molecule has 0 unspecified atom stereocenters. The van der Waals surface area contributed by atoms with Crippen molar-refractivity contribution >= 4 is 47.9 Å². The van der Waals surface area contributed by atoms with Crippen LogP contribution in [-0.2, 0) is 9.59 Å². The lowest BCUT2D eigenvalue weighted by Crippen LogP contribution is -2.41. The first-order valence-electron chi connectivity index (χ1n) is 7.19. The van der Waals surface area contributed by atoms with Gasteiger partial charge in [-0.2, -0.15) is 24.4 Å². The third kappa shape index (κ3) is 6.42. The molecule has 1 aromatic rings. The molecule has 0 spiro atoms. The number of carboxylic acids is 1. The summed E-state index contributed by atoms with van der Waals surface area (Å²) < 4.78 is 0. The van der Waals surface area contributed by atoms with Crippen molar-refractivity contribution in [3.8, 4) is 0 Å². The molecule has 0 saturated heterocycles. The van der Waals surface area contributed by atoms with Gasteiger partial charge in [-0.1, -0.05) is 6.07 Å². The first kappa shape index (κ1) is 20.3. The van der Waals surface area contributed by atoms with E-state index in [1.807, 2.05) is 6.26 Å². The van der Waals surface area contributed by atoms with Gasteiger partial charge in [-0.3, -0.25) is 9.59 Å². The monoisotopic (exact) mass is 371 g/mol. The lowest BCUT2D eigenvalue weighted by molar-refractivity contribution is -0.139. The maximum atomic E-state index is 12.2. The second-order valence-corrected chi connectivity index (χ2v) is 6.36. The highest BCUT2D eigenvalue weighted by atomic mass is 32.2. The minimum absolute atomic E-state index is 0.196. The van der Waals surface area contributed by atoms with Crippen LogP contribution in [0.25, 0.3) is 0 Å². The zero-order chi connectivity index (χ0) is 18.1. The molecule has 0 bridgehead atoms. The minimum Gasteiger partial charge on any atom is -0.480 e. The van der Waals surface area contributed by atoms with E-state index in [1.54, 1.807) is 12.1 Å². The summed E-state index contributed by atoms with van der Waals surface area (Å²) in [5.41, 5.74) is 6.23. The van der Waals surface area contributed by atoms with E-state index >= 15 is 0 Å². The zero-order valence-corrected chi connectivity index (χ0v) is 14.9. The number of benzene rings is 1. The second-order valence-electron chi connectivity index (χ2n) is 5.00. The average molecular weight is 371 g/mol. The number of anilines is 1. The van der Waals surface area contributed by atoms with Crippen LogP contribution in [0.4, 0.5) is 5.69 Å². The molecule has 7 nitrogen and oxygen atoms in total. The van der Waals surface area contributed by atoms with Crippen LogP contribution >= 0.6 is 24.4 Å². The molecule has 0 radical (unpaired) electrons. The van der Waals surface area contributed by atoms with Crippen LogP contribution in [0, 0.1) is 0 Å². The minimum atomic E-state index is -1.08. The topological polar surface area (TPSA) is 122 Å². The molecule has 0 fully saturated rings. The summed E-state index contributed by atoms with van der Waals surface area (Å²) in [4.78, 5) is 35.2. The van der Waals surface area contributed by atoms with E-state index < -0.39 is 29.9 Å². The SMILES string of the molecule is CSCC[C@H](NC(=O)c1cccc(NC(=O)[C@H](N)CS)c1)C(=O)O. The highest BCUT2D eigenvalue weighted by Gasteiger charge is 2.20. The van der Waals surface area contributed by atoms with E-state index in [1.165, 1.54) is 23.9 Å². The van der Waals surface area contributed by atoms with Gasteiger partial charge < -0.3 is 21.5 Å². The van der Waals surface area contributed by atoms with Crippen LogP contribution < -0.4 is 16.4 Å². The van der Waals surface area contributed by atoms with Gasteiger partial charge in [-0.05, 0) is 36.6 Å². The third-order valence-electron chi connectivity index (χ3n) is 3.14. The molecule has 2 atom stereocenters. The number of nitrogens with two attached hydrogens (primary N) is 1. The number of hydrogen-bond acceptors (Lipinski definition) is 6. The number of hydrogen-bond donors (Lipinski definition) is 5. The largest absolute Gasteiger partial charge is 0.480 e. The summed E-state index contributed by atoms with van der Waals surface area (Å²) in [6.45, 7) is 0. The van der Waals surface area contributed by atoms with Crippen molar-refractivity contribution in [1.29, 1.82) is 0 Å².